The van der Waals surface area contributed by atoms with E-state index in [1.807, 2.05) is 6.92 Å². The smallest absolute Gasteiger partial charge is 0.281 e. The maximum atomic E-state index is 14.6. The van der Waals surface area contributed by atoms with Crippen LogP contribution < -0.4 is 9.47 Å². The molecule has 0 bridgehead atoms. The average Bonchev–Trinajstić information content (AvgIpc) is 2.87. The zero-order valence-electron chi connectivity index (χ0n) is 22.4. The molecule has 0 aromatic heterocycles. The summed E-state index contributed by atoms with van der Waals surface area (Å²) in [6.07, 6.45) is 14.8. The summed E-state index contributed by atoms with van der Waals surface area (Å²) in [6.45, 7) is 4.64. The Morgan fingerprint density at radius 3 is 2.19 bits per heavy atom. The summed E-state index contributed by atoms with van der Waals surface area (Å²) in [5.41, 5.74) is 0. The summed E-state index contributed by atoms with van der Waals surface area (Å²) < 4.78 is 60.0. The first-order valence-corrected chi connectivity index (χ1v) is 14.4. The van der Waals surface area contributed by atoms with Crippen LogP contribution in [0.25, 0.3) is 0 Å². The van der Waals surface area contributed by atoms with E-state index in [1.165, 1.54) is 63.5 Å². The molecule has 0 spiro atoms. The van der Waals surface area contributed by atoms with E-state index in [2.05, 4.69) is 6.92 Å². The Bertz CT molecular complexity index is 741. The number of alkyl halides is 2. The van der Waals surface area contributed by atoms with Crippen molar-refractivity contribution >= 4 is 0 Å². The number of hydrogen-bond acceptors (Lipinski definition) is 3. The molecule has 0 unspecified atom stereocenters. The minimum Gasteiger partial charge on any atom is -0.491 e. The summed E-state index contributed by atoms with van der Waals surface area (Å²) in [6, 6.07) is 4.03. The SMILES string of the molecule is CCCCCC1CCC(OCC2CCC(CC(F)(F)COc3ccc(OCCC)c(F)c3)CC2)CC1. The predicted molar refractivity (Wildman–Crippen MR) is 139 cm³/mol. The molecule has 0 amide bonds. The third kappa shape index (κ3) is 10.1. The molecule has 0 atom stereocenters. The van der Waals surface area contributed by atoms with Crippen LogP contribution in [0.1, 0.15) is 104 Å². The monoisotopic (exact) mass is 512 g/mol. The highest BCUT2D eigenvalue weighted by molar-refractivity contribution is 5.33. The molecule has 2 saturated carbocycles. The summed E-state index contributed by atoms with van der Waals surface area (Å²) in [5.74, 6) is -1.93. The van der Waals surface area contributed by atoms with E-state index >= 15 is 0 Å². The molecule has 0 aliphatic heterocycles. The number of unbranched alkanes of at least 4 members (excludes halogenated alkanes) is 2. The van der Waals surface area contributed by atoms with E-state index in [-0.39, 0.29) is 23.8 Å². The Morgan fingerprint density at radius 2 is 1.53 bits per heavy atom. The molecule has 1 aromatic rings. The molecule has 0 N–H and O–H groups in total. The highest BCUT2D eigenvalue weighted by Gasteiger charge is 2.35. The zero-order valence-corrected chi connectivity index (χ0v) is 22.4. The standard InChI is InChI=1S/C30H47F3O3/c1-3-5-6-7-23-12-14-26(15-13-23)35-21-25-10-8-24(9-11-25)20-30(32,33)22-36-27-16-17-29(28(31)19-27)34-18-4-2/h16-17,19,23-26H,3-15,18,20-22H2,1-2H3. The van der Waals surface area contributed by atoms with Crippen LogP contribution >= 0.6 is 0 Å². The molecule has 206 valence electrons. The van der Waals surface area contributed by atoms with Gasteiger partial charge < -0.3 is 14.2 Å². The first kappa shape index (κ1) is 29.1. The second-order valence-electron chi connectivity index (χ2n) is 11.1. The molecule has 2 fully saturated rings. The van der Waals surface area contributed by atoms with E-state index in [9.17, 15) is 13.2 Å². The lowest BCUT2D eigenvalue weighted by molar-refractivity contribution is -0.0668. The van der Waals surface area contributed by atoms with Crippen molar-refractivity contribution in [3.63, 3.8) is 0 Å². The van der Waals surface area contributed by atoms with Gasteiger partial charge in [-0.3, -0.25) is 0 Å². The summed E-state index contributed by atoms with van der Waals surface area (Å²) in [5, 5.41) is 0. The molecule has 36 heavy (non-hydrogen) atoms. The molecule has 0 heterocycles. The summed E-state index contributed by atoms with van der Waals surface area (Å²) >= 11 is 0. The highest BCUT2D eigenvalue weighted by atomic mass is 19.3. The Hall–Kier alpha value is -1.43. The minimum atomic E-state index is -2.93. The van der Waals surface area contributed by atoms with Crippen molar-refractivity contribution in [1.29, 1.82) is 0 Å². The zero-order chi connectivity index (χ0) is 25.8. The van der Waals surface area contributed by atoms with Crippen molar-refractivity contribution in [3.05, 3.63) is 24.0 Å². The normalized spacial score (nSPS) is 25.0. The van der Waals surface area contributed by atoms with Crippen molar-refractivity contribution in [2.45, 2.75) is 116 Å². The van der Waals surface area contributed by atoms with Crippen LogP contribution in [0.3, 0.4) is 0 Å². The maximum Gasteiger partial charge on any atom is 0.281 e. The molecule has 1 aromatic carbocycles. The van der Waals surface area contributed by atoms with Crippen LogP contribution in [0.4, 0.5) is 13.2 Å². The van der Waals surface area contributed by atoms with E-state index in [4.69, 9.17) is 14.2 Å². The Balaban J connectivity index is 1.30. The van der Waals surface area contributed by atoms with Crippen LogP contribution in [-0.2, 0) is 4.74 Å². The van der Waals surface area contributed by atoms with E-state index in [0.29, 0.717) is 18.6 Å². The van der Waals surface area contributed by atoms with Crippen molar-refractivity contribution in [2.75, 3.05) is 19.8 Å². The van der Waals surface area contributed by atoms with Crippen LogP contribution in [-0.4, -0.2) is 31.8 Å². The van der Waals surface area contributed by atoms with Gasteiger partial charge in [0.2, 0.25) is 0 Å². The minimum absolute atomic E-state index is 0.0000320. The lowest BCUT2D eigenvalue weighted by Gasteiger charge is -2.33. The van der Waals surface area contributed by atoms with Gasteiger partial charge in [-0.1, -0.05) is 39.5 Å². The van der Waals surface area contributed by atoms with Gasteiger partial charge in [-0.2, -0.15) is 0 Å². The van der Waals surface area contributed by atoms with E-state index in [0.717, 1.165) is 50.7 Å². The fourth-order valence-corrected chi connectivity index (χ4v) is 5.72. The predicted octanol–water partition coefficient (Wildman–Crippen LogP) is 8.98. The van der Waals surface area contributed by atoms with Gasteiger partial charge in [-0.15, -0.1) is 0 Å². The summed E-state index contributed by atoms with van der Waals surface area (Å²) in [7, 11) is 0. The van der Waals surface area contributed by atoms with Gasteiger partial charge in [0.15, 0.2) is 18.2 Å². The quantitative estimate of drug-likeness (QED) is 0.220. The van der Waals surface area contributed by atoms with Gasteiger partial charge in [0.05, 0.1) is 12.7 Å². The van der Waals surface area contributed by atoms with Crippen LogP contribution in [0.2, 0.25) is 0 Å². The van der Waals surface area contributed by atoms with Gasteiger partial charge in [0.25, 0.3) is 5.92 Å². The Kier molecular flexibility index (Phi) is 12.2. The molecule has 2 aliphatic carbocycles. The molecule has 3 rings (SSSR count). The summed E-state index contributed by atoms with van der Waals surface area (Å²) in [4.78, 5) is 0. The van der Waals surface area contributed by atoms with Crippen molar-refractivity contribution in [3.8, 4) is 11.5 Å². The fourth-order valence-electron chi connectivity index (χ4n) is 5.72. The number of halogens is 3. The molecule has 6 heteroatoms. The van der Waals surface area contributed by atoms with Gasteiger partial charge in [0, 0.05) is 19.1 Å². The lowest BCUT2D eigenvalue weighted by Crippen LogP contribution is -2.31. The highest BCUT2D eigenvalue weighted by Crippen LogP contribution is 2.37. The van der Waals surface area contributed by atoms with Gasteiger partial charge in [-0.05, 0) is 87.7 Å². The topological polar surface area (TPSA) is 27.7 Å². The van der Waals surface area contributed by atoms with E-state index in [1.54, 1.807) is 0 Å². The van der Waals surface area contributed by atoms with Crippen LogP contribution in [0.15, 0.2) is 18.2 Å². The van der Waals surface area contributed by atoms with Crippen molar-refractivity contribution in [2.24, 2.45) is 17.8 Å². The number of hydrogen-bond donors (Lipinski definition) is 0. The van der Waals surface area contributed by atoms with Crippen molar-refractivity contribution in [1.82, 2.24) is 0 Å². The second-order valence-corrected chi connectivity index (χ2v) is 11.1. The second kappa shape index (κ2) is 15.1. The first-order chi connectivity index (χ1) is 17.4. The molecule has 3 nitrogen and oxygen atoms in total. The Labute approximate surface area is 216 Å². The molecule has 0 radical (unpaired) electrons. The number of benzene rings is 1. The first-order valence-electron chi connectivity index (χ1n) is 14.4. The Morgan fingerprint density at radius 1 is 0.833 bits per heavy atom. The molecular weight excluding hydrogens is 465 g/mol. The third-order valence-electron chi connectivity index (χ3n) is 7.95. The molecule has 0 saturated heterocycles. The lowest BCUT2D eigenvalue weighted by atomic mass is 9.79. The van der Waals surface area contributed by atoms with Crippen LogP contribution in [0.5, 0.6) is 11.5 Å². The number of rotatable bonds is 15. The average molecular weight is 513 g/mol. The van der Waals surface area contributed by atoms with Crippen LogP contribution in [0, 0.1) is 23.6 Å². The molecular formula is C30H47F3O3. The number of ether oxygens (including phenoxy) is 3. The maximum absolute atomic E-state index is 14.6. The van der Waals surface area contributed by atoms with Crippen molar-refractivity contribution < 1.29 is 27.4 Å². The van der Waals surface area contributed by atoms with Gasteiger partial charge in [-0.25, -0.2) is 13.2 Å². The largest absolute Gasteiger partial charge is 0.491 e. The third-order valence-corrected chi connectivity index (χ3v) is 7.95. The van der Waals surface area contributed by atoms with Gasteiger partial charge in [0.1, 0.15) is 5.75 Å². The van der Waals surface area contributed by atoms with E-state index < -0.39 is 18.3 Å². The van der Waals surface area contributed by atoms with Gasteiger partial charge >= 0.3 is 0 Å². The molecule has 2 aliphatic rings. The fraction of sp³-hybridized carbons (Fsp3) is 0.800.